The van der Waals surface area contributed by atoms with E-state index in [1.165, 1.54) is 37.0 Å². The SMILES string of the molecule is COC(=O)c1ccc(CN2CCc3nc(NC(=O)c4cnccn4)sc3C2)cc1. The van der Waals surface area contributed by atoms with E-state index in [4.69, 9.17) is 4.74 Å². The molecule has 0 atom stereocenters. The molecule has 1 aliphatic rings. The number of nitrogens with one attached hydrogen (secondary N) is 1. The Bertz CT molecular complexity index is 1020. The number of hydrogen-bond donors (Lipinski definition) is 1. The minimum absolute atomic E-state index is 0.262. The molecule has 29 heavy (non-hydrogen) atoms. The van der Waals surface area contributed by atoms with E-state index in [9.17, 15) is 9.59 Å². The molecule has 0 spiro atoms. The van der Waals surface area contributed by atoms with E-state index in [1.807, 2.05) is 12.1 Å². The number of esters is 1. The summed E-state index contributed by atoms with van der Waals surface area (Å²) in [6.07, 6.45) is 5.26. The van der Waals surface area contributed by atoms with Gasteiger partial charge in [0.05, 0.1) is 24.6 Å². The molecule has 1 aliphatic heterocycles. The Labute approximate surface area is 171 Å². The maximum atomic E-state index is 12.2. The smallest absolute Gasteiger partial charge is 0.337 e. The van der Waals surface area contributed by atoms with Gasteiger partial charge in [0.25, 0.3) is 5.91 Å². The van der Waals surface area contributed by atoms with Gasteiger partial charge in [0.1, 0.15) is 5.69 Å². The van der Waals surface area contributed by atoms with Crippen LogP contribution in [0.15, 0.2) is 42.9 Å². The second-order valence-corrected chi connectivity index (χ2v) is 7.67. The van der Waals surface area contributed by atoms with Crippen LogP contribution in [-0.2, 0) is 24.2 Å². The number of carbonyl (C=O) groups excluding carboxylic acids is 2. The molecular formula is C20H19N5O3S. The quantitative estimate of drug-likeness (QED) is 0.647. The third-order valence-electron chi connectivity index (χ3n) is 4.61. The Balaban J connectivity index is 1.39. The van der Waals surface area contributed by atoms with Crippen molar-refractivity contribution >= 4 is 28.3 Å². The predicted molar refractivity (Wildman–Crippen MR) is 108 cm³/mol. The number of nitrogens with zero attached hydrogens (tertiary/aromatic N) is 4. The summed E-state index contributed by atoms with van der Waals surface area (Å²) >= 11 is 1.49. The van der Waals surface area contributed by atoms with E-state index >= 15 is 0 Å². The molecule has 4 rings (SSSR count). The van der Waals surface area contributed by atoms with Crippen LogP contribution in [0.3, 0.4) is 0 Å². The highest BCUT2D eigenvalue weighted by molar-refractivity contribution is 7.15. The maximum Gasteiger partial charge on any atom is 0.337 e. The topological polar surface area (TPSA) is 97.3 Å². The molecule has 1 amide bonds. The first-order valence-corrected chi connectivity index (χ1v) is 9.89. The van der Waals surface area contributed by atoms with Gasteiger partial charge in [-0.2, -0.15) is 0 Å². The molecule has 2 aromatic heterocycles. The maximum absolute atomic E-state index is 12.2. The van der Waals surface area contributed by atoms with Crippen LogP contribution in [0, 0.1) is 0 Å². The number of rotatable bonds is 5. The summed E-state index contributed by atoms with van der Waals surface area (Å²) in [6.45, 7) is 2.43. The normalized spacial score (nSPS) is 13.6. The van der Waals surface area contributed by atoms with Crippen molar-refractivity contribution < 1.29 is 14.3 Å². The first-order valence-electron chi connectivity index (χ1n) is 9.08. The zero-order chi connectivity index (χ0) is 20.2. The zero-order valence-corrected chi connectivity index (χ0v) is 16.6. The first-order chi connectivity index (χ1) is 14.1. The molecule has 0 saturated carbocycles. The lowest BCUT2D eigenvalue weighted by Gasteiger charge is -2.25. The zero-order valence-electron chi connectivity index (χ0n) is 15.8. The average Bonchev–Trinajstić information content (AvgIpc) is 3.15. The molecule has 0 saturated heterocycles. The molecule has 1 N–H and O–H groups in total. The van der Waals surface area contributed by atoms with Crippen LogP contribution in [0.1, 0.15) is 37.0 Å². The van der Waals surface area contributed by atoms with Crippen molar-refractivity contribution in [3.05, 3.63) is 70.2 Å². The third kappa shape index (κ3) is 4.47. The monoisotopic (exact) mass is 409 g/mol. The number of benzene rings is 1. The highest BCUT2D eigenvalue weighted by atomic mass is 32.1. The Morgan fingerprint density at radius 3 is 2.79 bits per heavy atom. The van der Waals surface area contributed by atoms with Gasteiger partial charge < -0.3 is 4.74 Å². The van der Waals surface area contributed by atoms with Crippen LogP contribution in [0.4, 0.5) is 5.13 Å². The van der Waals surface area contributed by atoms with E-state index in [0.717, 1.165) is 42.2 Å². The second-order valence-electron chi connectivity index (χ2n) is 6.58. The molecule has 0 unspecified atom stereocenters. The van der Waals surface area contributed by atoms with Gasteiger partial charge in [0, 0.05) is 43.3 Å². The van der Waals surface area contributed by atoms with Crippen molar-refractivity contribution in [3.8, 4) is 0 Å². The van der Waals surface area contributed by atoms with Crippen molar-refractivity contribution in [2.45, 2.75) is 19.5 Å². The number of carbonyl (C=O) groups is 2. The van der Waals surface area contributed by atoms with Crippen molar-refractivity contribution in [2.24, 2.45) is 0 Å². The van der Waals surface area contributed by atoms with E-state index in [0.29, 0.717) is 10.7 Å². The van der Waals surface area contributed by atoms with Crippen molar-refractivity contribution in [3.63, 3.8) is 0 Å². The Hall–Kier alpha value is -3.17. The lowest BCUT2D eigenvalue weighted by Crippen LogP contribution is -2.29. The van der Waals surface area contributed by atoms with Crippen LogP contribution >= 0.6 is 11.3 Å². The fourth-order valence-corrected chi connectivity index (χ4v) is 4.18. The lowest BCUT2D eigenvalue weighted by atomic mass is 10.1. The number of ether oxygens (including phenoxy) is 1. The number of methoxy groups -OCH3 is 1. The fraction of sp³-hybridized carbons (Fsp3) is 0.250. The largest absolute Gasteiger partial charge is 0.465 e. The second kappa shape index (κ2) is 8.46. The minimum atomic E-state index is -0.333. The van der Waals surface area contributed by atoms with Crippen LogP contribution in [-0.4, -0.2) is 45.4 Å². The molecule has 1 aromatic carbocycles. The lowest BCUT2D eigenvalue weighted by molar-refractivity contribution is 0.0600. The molecule has 0 radical (unpaired) electrons. The predicted octanol–water partition coefficient (Wildman–Crippen LogP) is 2.53. The molecule has 8 nitrogen and oxygen atoms in total. The number of hydrogen-bond acceptors (Lipinski definition) is 8. The van der Waals surface area contributed by atoms with E-state index in [2.05, 4.69) is 25.2 Å². The molecule has 9 heteroatoms. The van der Waals surface area contributed by atoms with Gasteiger partial charge in [-0.05, 0) is 17.7 Å². The highest BCUT2D eigenvalue weighted by Crippen LogP contribution is 2.29. The van der Waals surface area contributed by atoms with Gasteiger partial charge in [-0.15, -0.1) is 11.3 Å². The minimum Gasteiger partial charge on any atom is -0.465 e. The first kappa shape index (κ1) is 19.2. The van der Waals surface area contributed by atoms with Crippen molar-refractivity contribution in [1.82, 2.24) is 19.9 Å². The van der Waals surface area contributed by atoms with Gasteiger partial charge >= 0.3 is 5.97 Å². The summed E-state index contributed by atoms with van der Waals surface area (Å²) in [6, 6.07) is 7.45. The molecule has 0 bridgehead atoms. The van der Waals surface area contributed by atoms with E-state index in [-0.39, 0.29) is 17.6 Å². The molecule has 0 aliphatic carbocycles. The van der Waals surface area contributed by atoms with Crippen LogP contribution in [0.2, 0.25) is 0 Å². The molecule has 3 aromatic rings. The van der Waals surface area contributed by atoms with E-state index in [1.54, 1.807) is 12.1 Å². The van der Waals surface area contributed by atoms with Crippen LogP contribution in [0.25, 0.3) is 0 Å². The third-order valence-corrected chi connectivity index (χ3v) is 5.61. The van der Waals surface area contributed by atoms with Gasteiger partial charge in [-0.25, -0.2) is 14.8 Å². The van der Waals surface area contributed by atoms with Gasteiger partial charge in [-0.1, -0.05) is 12.1 Å². The standard InChI is InChI=1S/C20H19N5O3S/c1-28-19(27)14-4-2-13(3-5-14)11-25-9-6-15-17(12-25)29-20(23-15)24-18(26)16-10-21-7-8-22-16/h2-5,7-8,10H,6,9,11-12H2,1H3,(H,23,24,26). The summed E-state index contributed by atoms with van der Waals surface area (Å²) in [4.78, 5) is 39.7. The van der Waals surface area contributed by atoms with E-state index < -0.39 is 0 Å². The number of amides is 1. The molecule has 0 fully saturated rings. The number of fused-ring (bicyclic) bond motifs is 1. The average molecular weight is 409 g/mol. The number of aromatic nitrogens is 3. The Morgan fingerprint density at radius 2 is 2.07 bits per heavy atom. The summed E-state index contributed by atoms with van der Waals surface area (Å²) in [5.41, 5.74) is 2.96. The molecule has 148 valence electrons. The van der Waals surface area contributed by atoms with Gasteiger partial charge in [0.15, 0.2) is 5.13 Å². The number of anilines is 1. The van der Waals surface area contributed by atoms with Crippen LogP contribution in [0.5, 0.6) is 0 Å². The Kier molecular flexibility index (Phi) is 5.59. The fourth-order valence-electron chi connectivity index (χ4n) is 3.14. The molecule has 3 heterocycles. The van der Waals surface area contributed by atoms with Crippen LogP contribution < -0.4 is 5.32 Å². The molecular weight excluding hydrogens is 390 g/mol. The van der Waals surface area contributed by atoms with Crippen molar-refractivity contribution in [1.29, 1.82) is 0 Å². The Morgan fingerprint density at radius 1 is 1.24 bits per heavy atom. The van der Waals surface area contributed by atoms with Gasteiger partial charge in [0.2, 0.25) is 0 Å². The van der Waals surface area contributed by atoms with Gasteiger partial charge in [-0.3, -0.25) is 20.0 Å². The van der Waals surface area contributed by atoms with Crippen molar-refractivity contribution in [2.75, 3.05) is 19.0 Å². The summed E-state index contributed by atoms with van der Waals surface area (Å²) in [5.74, 6) is -0.647. The highest BCUT2D eigenvalue weighted by Gasteiger charge is 2.22. The summed E-state index contributed by atoms with van der Waals surface area (Å²) in [7, 11) is 1.38. The summed E-state index contributed by atoms with van der Waals surface area (Å²) in [5, 5.41) is 3.38. The number of thiazole rings is 1. The summed E-state index contributed by atoms with van der Waals surface area (Å²) < 4.78 is 4.73.